The summed E-state index contributed by atoms with van der Waals surface area (Å²) in [4.78, 5) is 26.1. The Morgan fingerprint density at radius 2 is 1.71 bits per heavy atom. The number of aromatic nitrogens is 2. The predicted molar refractivity (Wildman–Crippen MR) is 141 cm³/mol. The topological polar surface area (TPSA) is 70.6 Å². The zero-order valence-corrected chi connectivity index (χ0v) is 21.0. The third-order valence-corrected chi connectivity index (χ3v) is 6.54. The number of rotatable bonds is 10. The van der Waals surface area contributed by atoms with E-state index in [9.17, 15) is 4.79 Å². The number of anilines is 3. The summed E-state index contributed by atoms with van der Waals surface area (Å²) in [5.74, 6) is 1.42. The molecule has 1 saturated heterocycles. The molecular formula is C28H35N5O2. The highest BCUT2D eigenvalue weighted by molar-refractivity contribution is 5.96. The number of likely N-dealkylation sites (N-methyl/N-ethyl adjacent to an activating group) is 1. The molecule has 1 aromatic heterocycles. The van der Waals surface area contributed by atoms with Gasteiger partial charge in [-0.1, -0.05) is 19.9 Å². The fourth-order valence-electron chi connectivity index (χ4n) is 4.36. The minimum Gasteiger partial charge on any atom is -0.497 e. The number of hydrogen-bond acceptors (Lipinski definition) is 7. The van der Waals surface area contributed by atoms with Crippen molar-refractivity contribution in [2.24, 2.45) is 0 Å². The van der Waals surface area contributed by atoms with Crippen molar-refractivity contribution in [2.75, 3.05) is 50.1 Å². The maximum Gasteiger partial charge on any atom is 0.227 e. The molecule has 0 atom stereocenters. The predicted octanol–water partition coefficient (Wildman–Crippen LogP) is 4.75. The Hall–Kier alpha value is -3.45. The molecule has 0 saturated carbocycles. The number of ketones is 1. The van der Waals surface area contributed by atoms with Gasteiger partial charge in [-0.2, -0.15) is 0 Å². The number of benzene rings is 2. The number of aryl methyl sites for hydroxylation is 2. The lowest BCUT2D eigenvalue weighted by molar-refractivity contribution is 0.0987. The number of hydrogen-bond donors (Lipinski definition) is 1. The van der Waals surface area contributed by atoms with Crippen molar-refractivity contribution in [3.63, 3.8) is 0 Å². The third kappa shape index (κ3) is 6.57. The van der Waals surface area contributed by atoms with Crippen molar-refractivity contribution in [1.29, 1.82) is 0 Å². The summed E-state index contributed by atoms with van der Waals surface area (Å²) in [7, 11) is 1.63. The molecule has 7 heteroatoms. The van der Waals surface area contributed by atoms with Crippen LogP contribution in [0.15, 0.2) is 54.9 Å². The number of methoxy groups -OCH3 is 1. The van der Waals surface area contributed by atoms with Gasteiger partial charge in [0.1, 0.15) is 5.75 Å². The van der Waals surface area contributed by atoms with Gasteiger partial charge in [-0.15, -0.1) is 0 Å². The number of ether oxygens (including phenoxy) is 1. The Morgan fingerprint density at radius 1 is 0.971 bits per heavy atom. The van der Waals surface area contributed by atoms with Crippen molar-refractivity contribution in [3.8, 4) is 5.75 Å². The third-order valence-electron chi connectivity index (χ3n) is 6.54. The Balaban J connectivity index is 1.36. The van der Waals surface area contributed by atoms with Gasteiger partial charge in [0.2, 0.25) is 5.95 Å². The number of nitrogens with one attached hydrogen (secondary N) is 1. The summed E-state index contributed by atoms with van der Waals surface area (Å²) in [6.45, 7) is 9.50. The molecule has 1 aliphatic heterocycles. The van der Waals surface area contributed by atoms with E-state index in [2.05, 4.69) is 50.2 Å². The molecule has 0 amide bonds. The Morgan fingerprint density at radius 3 is 2.40 bits per heavy atom. The molecule has 3 aromatic rings. The molecule has 1 aliphatic rings. The molecule has 2 heterocycles. The molecule has 2 aromatic carbocycles. The molecule has 35 heavy (non-hydrogen) atoms. The smallest absolute Gasteiger partial charge is 0.227 e. The van der Waals surface area contributed by atoms with Crippen LogP contribution in [-0.4, -0.2) is 60.5 Å². The van der Waals surface area contributed by atoms with Crippen LogP contribution in [0.25, 0.3) is 0 Å². The van der Waals surface area contributed by atoms with E-state index in [0.29, 0.717) is 23.7 Å². The summed E-state index contributed by atoms with van der Waals surface area (Å²) in [5, 5.41) is 3.33. The van der Waals surface area contributed by atoms with E-state index >= 15 is 0 Å². The molecule has 0 unspecified atom stereocenters. The van der Waals surface area contributed by atoms with Crippen molar-refractivity contribution in [2.45, 2.75) is 33.1 Å². The van der Waals surface area contributed by atoms with E-state index in [1.54, 1.807) is 13.2 Å². The Kier molecular flexibility index (Phi) is 8.32. The standard InChI is InChI=1S/C28H35N5O2/c1-4-27(34)23-15-21(16-26(17-23)35-3)9-10-22-19-29-28(30-20-22)31-24-7-6-8-25(18-24)33-13-11-32(5-2)12-14-33/h6-8,15-20H,4-5,9-14H2,1-3H3,(H,29,30,31). The summed E-state index contributed by atoms with van der Waals surface area (Å²) >= 11 is 0. The van der Waals surface area contributed by atoms with Gasteiger partial charge in [0, 0.05) is 61.9 Å². The number of Topliss-reactive ketones (excluding diaryl/α,β-unsaturated/α-hetero) is 1. The lowest BCUT2D eigenvalue weighted by atomic mass is 10.0. The molecule has 1 fully saturated rings. The van der Waals surface area contributed by atoms with E-state index < -0.39 is 0 Å². The van der Waals surface area contributed by atoms with Crippen LogP contribution in [0.5, 0.6) is 5.75 Å². The van der Waals surface area contributed by atoms with Crippen LogP contribution < -0.4 is 15.0 Å². The maximum atomic E-state index is 12.1. The molecular weight excluding hydrogens is 438 g/mol. The normalized spacial score (nSPS) is 14.1. The van der Waals surface area contributed by atoms with Crippen LogP contribution in [-0.2, 0) is 12.8 Å². The summed E-state index contributed by atoms with van der Waals surface area (Å²) in [5.41, 5.74) is 5.02. The molecule has 4 rings (SSSR count). The maximum absolute atomic E-state index is 12.1. The first-order valence-electron chi connectivity index (χ1n) is 12.4. The Labute approximate surface area is 208 Å². The van der Waals surface area contributed by atoms with Crippen molar-refractivity contribution in [1.82, 2.24) is 14.9 Å². The molecule has 0 bridgehead atoms. The second kappa shape index (κ2) is 11.8. The summed E-state index contributed by atoms with van der Waals surface area (Å²) in [6, 6.07) is 14.2. The summed E-state index contributed by atoms with van der Waals surface area (Å²) < 4.78 is 5.38. The highest BCUT2D eigenvalue weighted by Crippen LogP contribution is 2.23. The van der Waals surface area contributed by atoms with Crippen LogP contribution in [0.2, 0.25) is 0 Å². The van der Waals surface area contributed by atoms with Gasteiger partial charge in [-0.05, 0) is 66.9 Å². The monoisotopic (exact) mass is 473 g/mol. The van der Waals surface area contributed by atoms with Gasteiger partial charge < -0.3 is 19.9 Å². The van der Waals surface area contributed by atoms with Gasteiger partial charge in [-0.25, -0.2) is 9.97 Å². The highest BCUT2D eigenvalue weighted by atomic mass is 16.5. The molecule has 0 spiro atoms. The Bertz CT molecular complexity index is 1120. The van der Waals surface area contributed by atoms with Crippen LogP contribution in [0, 0.1) is 0 Å². The van der Waals surface area contributed by atoms with E-state index in [4.69, 9.17) is 4.74 Å². The van der Waals surface area contributed by atoms with Gasteiger partial charge >= 0.3 is 0 Å². The lowest BCUT2D eigenvalue weighted by Gasteiger charge is -2.35. The lowest BCUT2D eigenvalue weighted by Crippen LogP contribution is -2.46. The van der Waals surface area contributed by atoms with Gasteiger partial charge in [0.15, 0.2) is 5.78 Å². The second-order valence-electron chi connectivity index (χ2n) is 8.86. The number of piperazine rings is 1. The first kappa shape index (κ1) is 24.7. The average Bonchev–Trinajstić information content (AvgIpc) is 2.92. The van der Waals surface area contributed by atoms with E-state index in [1.165, 1.54) is 5.69 Å². The number of nitrogens with zero attached hydrogens (tertiary/aromatic N) is 4. The van der Waals surface area contributed by atoms with E-state index in [1.807, 2.05) is 37.5 Å². The van der Waals surface area contributed by atoms with E-state index in [-0.39, 0.29) is 5.78 Å². The molecule has 7 nitrogen and oxygen atoms in total. The van der Waals surface area contributed by atoms with Crippen LogP contribution in [0.3, 0.4) is 0 Å². The number of carbonyl (C=O) groups is 1. The largest absolute Gasteiger partial charge is 0.497 e. The number of carbonyl (C=O) groups excluding carboxylic acids is 1. The zero-order valence-electron chi connectivity index (χ0n) is 21.0. The van der Waals surface area contributed by atoms with Gasteiger partial charge in [0.05, 0.1) is 7.11 Å². The SMILES string of the molecule is CCC(=O)c1cc(CCc2cnc(Nc3cccc(N4CCN(CC)CC4)c3)nc2)cc(OC)c1. The molecule has 0 aliphatic carbocycles. The van der Waals surface area contributed by atoms with Crippen LogP contribution >= 0.6 is 0 Å². The van der Waals surface area contributed by atoms with Crippen molar-refractivity contribution >= 4 is 23.1 Å². The minimum absolute atomic E-state index is 0.121. The highest BCUT2D eigenvalue weighted by Gasteiger charge is 2.16. The molecule has 0 radical (unpaired) electrons. The molecule has 1 N–H and O–H groups in total. The minimum atomic E-state index is 0.121. The fraction of sp³-hybridized carbons (Fsp3) is 0.393. The fourth-order valence-corrected chi connectivity index (χ4v) is 4.36. The van der Waals surface area contributed by atoms with Crippen molar-refractivity contribution in [3.05, 3.63) is 71.5 Å². The second-order valence-corrected chi connectivity index (χ2v) is 8.86. The first-order chi connectivity index (χ1) is 17.1. The van der Waals surface area contributed by atoms with E-state index in [0.717, 1.165) is 62.4 Å². The quantitative estimate of drug-likeness (QED) is 0.426. The molecule has 184 valence electrons. The van der Waals surface area contributed by atoms with Crippen molar-refractivity contribution < 1.29 is 9.53 Å². The van der Waals surface area contributed by atoms with Gasteiger partial charge in [0.25, 0.3) is 0 Å². The first-order valence-corrected chi connectivity index (χ1v) is 12.4. The van der Waals surface area contributed by atoms with Crippen LogP contribution in [0.1, 0.15) is 41.8 Å². The average molecular weight is 474 g/mol. The van der Waals surface area contributed by atoms with Crippen LogP contribution in [0.4, 0.5) is 17.3 Å². The van der Waals surface area contributed by atoms with Gasteiger partial charge in [-0.3, -0.25) is 4.79 Å². The summed E-state index contributed by atoms with van der Waals surface area (Å²) in [6.07, 6.45) is 5.77. The zero-order chi connectivity index (χ0) is 24.6.